The third kappa shape index (κ3) is 3.03. The summed E-state index contributed by atoms with van der Waals surface area (Å²) < 4.78 is 30.7. The number of hydrogen-bond acceptors (Lipinski definition) is 5. The molecule has 0 N–H and O–H groups in total. The van der Waals surface area contributed by atoms with Crippen LogP contribution in [0.3, 0.4) is 0 Å². The van der Waals surface area contributed by atoms with Gasteiger partial charge in [-0.25, -0.2) is 8.78 Å². The van der Waals surface area contributed by atoms with E-state index in [4.69, 9.17) is 0 Å². The molecule has 1 fully saturated rings. The minimum Gasteiger partial charge on any atom is -0.367 e. The molecule has 1 aliphatic rings. The van der Waals surface area contributed by atoms with Crippen LogP contribution in [-0.4, -0.2) is 40.7 Å². The Bertz CT molecular complexity index is 597. The highest BCUT2D eigenvalue weighted by Crippen LogP contribution is 2.25. The fourth-order valence-corrected chi connectivity index (χ4v) is 3.17. The van der Waals surface area contributed by atoms with Crippen molar-refractivity contribution in [2.75, 3.05) is 31.1 Å². The summed E-state index contributed by atoms with van der Waals surface area (Å²) in [7, 11) is 0. The van der Waals surface area contributed by atoms with Crippen LogP contribution in [0.1, 0.15) is 18.7 Å². The second-order valence-corrected chi connectivity index (χ2v) is 5.73. The molecule has 0 radical (unpaired) electrons. The van der Waals surface area contributed by atoms with E-state index >= 15 is 0 Å². The van der Waals surface area contributed by atoms with E-state index < -0.39 is 11.6 Å². The molecule has 3 rings (SSSR count). The van der Waals surface area contributed by atoms with Crippen molar-refractivity contribution in [2.45, 2.75) is 13.0 Å². The average molecular weight is 310 g/mol. The van der Waals surface area contributed by atoms with Crippen LogP contribution in [0.15, 0.2) is 23.6 Å². The molecule has 7 heteroatoms. The lowest BCUT2D eigenvalue weighted by molar-refractivity contribution is 0.195. The van der Waals surface area contributed by atoms with Crippen molar-refractivity contribution in [3.63, 3.8) is 0 Å². The van der Waals surface area contributed by atoms with Crippen LogP contribution in [0.25, 0.3) is 0 Å². The number of hydrogen-bond donors (Lipinski definition) is 0. The van der Waals surface area contributed by atoms with E-state index in [0.29, 0.717) is 18.8 Å². The maximum Gasteiger partial charge on any atom is 0.149 e. The summed E-state index contributed by atoms with van der Waals surface area (Å²) in [5.41, 5.74) is 1.44. The number of piperazine rings is 1. The van der Waals surface area contributed by atoms with Gasteiger partial charge in [-0.05, 0) is 30.6 Å². The van der Waals surface area contributed by atoms with E-state index in [2.05, 4.69) is 21.4 Å². The number of aromatic nitrogens is 2. The zero-order valence-corrected chi connectivity index (χ0v) is 12.5. The molecule has 0 bridgehead atoms. The number of halogens is 2. The molecule has 1 saturated heterocycles. The van der Waals surface area contributed by atoms with Crippen molar-refractivity contribution in [3.8, 4) is 0 Å². The maximum absolute atomic E-state index is 13.8. The quantitative estimate of drug-likeness (QED) is 0.872. The molecule has 1 atom stereocenters. The molecule has 1 unspecified atom stereocenters. The van der Waals surface area contributed by atoms with Crippen molar-refractivity contribution in [3.05, 3.63) is 40.9 Å². The van der Waals surface area contributed by atoms with Crippen LogP contribution in [0, 0.1) is 11.6 Å². The lowest BCUT2D eigenvalue weighted by atomic mass is 10.1. The highest BCUT2D eigenvalue weighted by molar-refractivity contribution is 7.03. The van der Waals surface area contributed by atoms with Crippen molar-refractivity contribution >= 4 is 17.2 Å². The van der Waals surface area contributed by atoms with Gasteiger partial charge in [0.1, 0.15) is 11.6 Å². The predicted molar refractivity (Wildman–Crippen MR) is 78.5 cm³/mol. The number of nitrogens with zero attached hydrogens (tertiary/aromatic N) is 4. The van der Waals surface area contributed by atoms with Crippen LogP contribution in [-0.2, 0) is 0 Å². The van der Waals surface area contributed by atoms with Crippen LogP contribution in [0.5, 0.6) is 0 Å². The number of anilines is 1. The first-order valence-corrected chi connectivity index (χ1v) is 7.70. The first kappa shape index (κ1) is 14.3. The Morgan fingerprint density at radius 3 is 2.57 bits per heavy atom. The van der Waals surface area contributed by atoms with Crippen LogP contribution in [0.2, 0.25) is 0 Å². The van der Waals surface area contributed by atoms with Gasteiger partial charge in [0.2, 0.25) is 0 Å². The lowest BCUT2D eigenvalue weighted by Crippen LogP contribution is -2.47. The molecule has 4 nitrogen and oxygen atoms in total. The van der Waals surface area contributed by atoms with Gasteiger partial charge in [0.15, 0.2) is 0 Å². The van der Waals surface area contributed by atoms with Crippen molar-refractivity contribution in [2.24, 2.45) is 0 Å². The third-order valence-corrected chi connectivity index (χ3v) is 4.44. The summed E-state index contributed by atoms with van der Waals surface area (Å²) >= 11 is 1.35. The van der Waals surface area contributed by atoms with Gasteiger partial charge < -0.3 is 4.90 Å². The van der Waals surface area contributed by atoms with E-state index in [-0.39, 0.29) is 6.04 Å². The van der Waals surface area contributed by atoms with E-state index in [1.54, 1.807) is 0 Å². The summed E-state index contributed by atoms with van der Waals surface area (Å²) in [6.45, 7) is 5.16. The minimum atomic E-state index is -0.542. The second kappa shape index (κ2) is 6.03. The zero-order chi connectivity index (χ0) is 14.8. The van der Waals surface area contributed by atoms with E-state index in [1.807, 2.05) is 10.3 Å². The van der Waals surface area contributed by atoms with Gasteiger partial charge in [-0.1, -0.05) is 4.49 Å². The summed E-state index contributed by atoms with van der Waals surface area (Å²) in [5.74, 6) is -1.04. The Balaban J connectivity index is 1.65. The average Bonchev–Trinajstić information content (AvgIpc) is 3.01. The van der Waals surface area contributed by atoms with Crippen molar-refractivity contribution in [1.29, 1.82) is 0 Å². The second-order valence-electron chi connectivity index (χ2n) is 5.12. The standard InChI is InChI=1S/C14H16F2N4S/c1-10(13-9-21-18-17-13)19-4-6-20(7-5-19)14-3-2-11(15)8-12(14)16/h2-3,8-10H,4-7H2,1H3. The normalized spacial score (nSPS) is 18.0. The monoisotopic (exact) mass is 310 g/mol. The smallest absolute Gasteiger partial charge is 0.149 e. The Morgan fingerprint density at radius 2 is 1.95 bits per heavy atom. The van der Waals surface area contributed by atoms with Crippen LogP contribution >= 0.6 is 11.5 Å². The Hall–Kier alpha value is -1.60. The van der Waals surface area contributed by atoms with Gasteiger partial charge in [-0.2, -0.15) is 0 Å². The molecule has 0 spiro atoms. The minimum absolute atomic E-state index is 0.212. The molecule has 1 aliphatic heterocycles. The van der Waals surface area contributed by atoms with Crippen molar-refractivity contribution < 1.29 is 8.78 Å². The molecular formula is C14H16F2N4S. The van der Waals surface area contributed by atoms with Gasteiger partial charge in [-0.3, -0.25) is 4.90 Å². The molecule has 1 aromatic carbocycles. The van der Waals surface area contributed by atoms with Gasteiger partial charge >= 0.3 is 0 Å². The maximum atomic E-state index is 13.8. The van der Waals surface area contributed by atoms with E-state index in [0.717, 1.165) is 24.8 Å². The Labute approximate surface area is 126 Å². The Kier molecular flexibility index (Phi) is 4.12. The first-order valence-electron chi connectivity index (χ1n) is 6.86. The van der Waals surface area contributed by atoms with Gasteiger partial charge in [0, 0.05) is 37.6 Å². The topological polar surface area (TPSA) is 32.3 Å². The summed E-state index contributed by atoms with van der Waals surface area (Å²) in [6.07, 6.45) is 0. The van der Waals surface area contributed by atoms with Crippen LogP contribution < -0.4 is 4.90 Å². The van der Waals surface area contributed by atoms with E-state index in [1.165, 1.54) is 23.7 Å². The van der Waals surface area contributed by atoms with Gasteiger partial charge in [0.25, 0.3) is 0 Å². The molecule has 112 valence electrons. The lowest BCUT2D eigenvalue weighted by Gasteiger charge is -2.38. The summed E-state index contributed by atoms with van der Waals surface area (Å²) in [4.78, 5) is 4.26. The molecule has 2 aromatic rings. The first-order chi connectivity index (χ1) is 10.1. The third-order valence-electron chi connectivity index (χ3n) is 3.92. The largest absolute Gasteiger partial charge is 0.367 e. The highest BCUT2D eigenvalue weighted by atomic mass is 32.1. The summed E-state index contributed by atoms with van der Waals surface area (Å²) in [5, 5.41) is 6.06. The fourth-order valence-electron chi connectivity index (χ4n) is 2.63. The SMILES string of the molecule is CC(c1csnn1)N1CCN(c2ccc(F)cc2F)CC1. The molecular weight excluding hydrogens is 294 g/mol. The van der Waals surface area contributed by atoms with Crippen LogP contribution in [0.4, 0.5) is 14.5 Å². The molecule has 0 saturated carbocycles. The molecule has 0 aliphatic carbocycles. The predicted octanol–water partition coefficient (Wildman–Crippen LogP) is 2.70. The van der Waals surface area contributed by atoms with Crippen molar-refractivity contribution in [1.82, 2.24) is 14.5 Å². The zero-order valence-electron chi connectivity index (χ0n) is 11.7. The van der Waals surface area contributed by atoms with Gasteiger partial charge in [0.05, 0.1) is 17.4 Å². The molecule has 2 heterocycles. The summed E-state index contributed by atoms with van der Waals surface area (Å²) in [6, 6.07) is 3.96. The van der Waals surface area contributed by atoms with Gasteiger partial charge in [-0.15, -0.1) is 5.10 Å². The number of rotatable bonds is 3. The molecule has 21 heavy (non-hydrogen) atoms. The molecule has 1 aromatic heterocycles. The Morgan fingerprint density at radius 1 is 1.19 bits per heavy atom. The fraction of sp³-hybridized carbons (Fsp3) is 0.429. The molecule has 0 amide bonds. The number of benzene rings is 1. The highest BCUT2D eigenvalue weighted by Gasteiger charge is 2.24. The van der Waals surface area contributed by atoms with E-state index in [9.17, 15) is 8.78 Å².